The zero-order valence-corrected chi connectivity index (χ0v) is 10.4. The van der Waals surface area contributed by atoms with E-state index >= 15 is 0 Å². The third-order valence-corrected chi connectivity index (χ3v) is 4.17. The van der Waals surface area contributed by atoms with Crippen LogP contribution in [0.1, 0.15) is 0 Å². The monoisotopic (exact) mass is 270 g/mol. The average Bonchev–Trinajstić information content (AvgIpc) is 2.92. The van der Waals surface area contributed by atoms with Crippen molar-refractivity contribution in [2.24, 2.45) is 0 Å². The Morgan fingerprint density at radius 2 is 1.89 bits per heavy atom. The minimum atomic E-state index is -0.621. The molecule has 2 aromatic heterocycles. The smallest absolute Gasteiger partial charge is 0.266 e. The van der Waals surface area contributed by atoms with Gasteiger partial charge >= 0.3 is 0 Å². The van der Waals surface area contributed by atoms with Crippen LogP contribution in [0.25, 0.3) is 31.8 Å². The first-order valence-electron chi connectivity index (χ1n) is 5.73. The van der Waals surface area contributed by atoms with E-state index in [-0.39, 0.29) is 4.79 Å². The maximum absolute atomic E-state index is 13.5. The van der Waals surface area contributed by atoms with Gasteiger partial charge in [-0.15, -0.1) is 16.1 Å². The Labute approximate surface area is 110 Å². The molecule has 0 spiro atoms. The molecule has 0 aliphatic heterocycles. The van der Waals surface area contributed by atoms with Crippen LogP contribution < -0.4 is 5.56 Å². The van der Waals surface area contributed by atoms with Gasteiger partial charge in [-0.05, 0) is 11.5 Å². The zero-order valence-electron chi connectivity index (χ0n) is 9.63. The van der Waals surface area contributed by atoms with Crippen LogP contribution in [0.2, 0.25) is 0 Å². The number of aromatic nitrogens is 2. The molecule has 0 saturated carbocycles. The summed E-state index contributed by atoms with van der Waals surface area (Å²) in [6.07, 6.45) is 1.15. The second-order valence-electron chi connectivity index (χ2n) is 4.30. The number of halogens is 1. The van der Waals surface area contributed by atoms with Crippen LogP contribution in [0, 0.1) is 0 Å². The van der Waals surface area contributed by atoms with Gasteiger partial charge in [0.05, 0.1) is 21.1 Å². The van der Waals surface area contributed by atoms with Crippen molar-refractivity contribution in [3.63, 3.8) is 0 Å². The highest BCUT2D eigenvalue weighted by molar-refractivity contribution is 7.18. The lowest BCUT2D eigenvalue weighted by molar-refractivity contribution is 0.355. The van der Waals surface area contributed by atoms with Crippen LogP contribution in [-0.2, 0) is 0 Å². The van der Waals surface area contributed by atoms with E-state index in [1.807, 2.05) is 24.3 Å². The Morgan fingerprint density at radius 1 is 1.11 bits per heavy atom. The lowest BCUT2D eigenvalue weighted by Crippen LogP contribution is -2.13. The average molecular weight is 270 g/mol. The Morgan fingerprint density at radius 3 is 2.74 bits per heavy atom. The van der Waals surface area contributed by atoms with E-state index in [1.165, 1.54) is 11.3 Å². The van der Waals surface area contributed by atoms with Gasteiger partial charge in [0, 0.05) is 17.0 Å². The zero-order chi connectivity index (χ0) is 13.0. The molecule has 0 amide bonds. The molecule has 0 N–H and O–H groups in total. The van der Waals surface area contributed by atoms with Crippen molar-refractivity contribution in [3.8, 4) is 0 Å². The van der Waals surface area contributed by atoms with Crippen molar-refractivity contribution in [1.29, 1.82) is 0 Å². The number of hydrogen-bond acceptors (Lipinski definition) is 3. The van der Waals surface area contributed by atoms with E-state index in [1.54, 1.807) is 11.6 Å². The third kappa shape index (κ3) is 1.30. The first-order chi connectivity index (χ1) is 9.27. The van der Waals surface area contributed by atoms with Crippen molar-refractivity contribution in [3.05, 3.63) is 52.4 Å². The SMILES string of the molecule is O=c1c2c3ccccc3c3ncsc3c2ccn1F. The summed E-state index contributed by atoms with van der Waals surface area (Å²) in [5, 5.41) is 2.80. The molecule has 3 nitrogen and oxygen atoms in total. The summed E-state index contributed by atoms with van der Waals surface area (Å²) in [5.41, 5.74) is 1.99. The number of pyridine rings is 1. The highest BCUT2D eigenvalue weighted by atomic mass is 32.1. The molecule has 19 heavy (non-hydrogen) atoms. The minimum absolute atomic E-state index is 0.127. The summed E-state index contributed by atoms with van der Waals surface area (Å²) >= 11 is 1.46. The van der Waals surface area contributed by atoms with Crippen LogP contribution in [0.5, 0.6) is 0 Å². The standard InChI is InChI=1S/C14H7FN2OS/c15-17-6-5-10-11(14(17)18)8-3-1-2-4-9(8)12-13(10)19-7-16-12/h1-7H. The van der Waals surface area contributed by atoms with Crippen molar-refractivity contribution in [1.82, 2.24) is 9.77 Å². The van der Waals surface area contributed by atoms with Crippen molar-refractivity contribution in [2.45, 2.75) is 0 Å². The minimum Gasteiger partial charge on any atom is -0.266 e. The number of nitrogens with zero attached hydrogens (tertiary/aromatic N) is 2. The van der Waals surface area contributed by atoms with E-state index in [9.17, 15) is 9.28 Å². The summed E-state index contributed by atoms with van der Waals surface area (Å²) in [6, 6.07) is 9.10. The van der Waals surface area contributed by atoms with Gasteiger partial charge in [-0.1, -0.05) is 28.7 Å². The molecule has 2 heterocycles. The Hall–Kier alpha value is -2.27. The molecule has 4 rings (SSSR count). The first-order valence-corrected chi connectivity index (χ1v) is 6.61. The largest absolute Gasteiger partial charge is 0.287 e. The summed E-state index contributed by atoms with van der Waals surface area (Å²) in [7, 11) is 0. The number of thiazole rings is 1. The Bertz CT molecular complexity index is 1000. The van der Waals surface area contributed by atoms with Crippen LogP contribution in [0.3, 0.4) is 0 Å². The van der Waals surface area contributed by atoms with E-state index in [2.05, 4.69) is 4.98 Å². The number of benzene rings is 2. The Kier molecular flexibility index (Phi) is 2.02. The van der Waals surface area contributed by atoms with Crippen LogP contribution in [0.4, 0.5) is 4.48 Å². The van der Waals surface area contributed by atoms with Gasteiger partial charge in [-0.25, -0.2) is 4.98 Å². The van der Waals surface area contributed by atoms with Crippen molar-refractivity contribution >= 4 is 43.1 Å². The topological polar surface area (TPSA) is 34.9 Å². The second-order valence-corrected chi connectivity index (χ2v) is 5.15. The van der Waals surface area contributed by atoms with Gasteiger partial charge < -0.3 is 0 Å². The normalized spacial score (nSPS) is 11.6. The van der Waals surface area contributed by atoms with E-state index in [0.29, 0.717) is 5.39 Å². The predicted molar refractivity (Wildman–Crippen MR) is 75.4 cm³/mol. The maximum Gasteiger partial charge on any atom is 0.287 e. The molecular formula is C14H7FN2OS. The van der Waals surface area contributed by atoms with Crippen LogP contribution >= 0.6 is 11.3 Å². The van der Waals surface area contributed by atoms with Gasteiger partial charge in [-0.2, -0.15) is 0 Å². The molecule has 0 bridgehead atoms. The highest BCUT2D eigenvalue weighted by Crippen LogP contribution is 2.34. The van der Waals surface area contributed by atoms with Gasteiger partial charge in [0.25, 0.3) is 5.56 Å². The van der Waals surface area contributed by atoms with Crippen LogP contribution in [-0.4, -0.2) is 9.77 Å². The summed E-state index contributed by atoms with van der Waals surface area (Å²) < 4.78 is 14.4. The Balaban J connectivity index is 2.51. The van der Waals surface area contributed by atoms with Gasteiger partial charge in [0.1, 0.15) is 0 Å². The molecule has 92 valence electrons. The quantitative estimate of drug-likeness (QED) is 0.458. The van der Waals surface area contributed by atoms with E-state index in [4.69, 9.17) is 0 Å². The van der Waals surface area contributed by atoms with E-state index < -0.39 is 5.56 Å². The fourth-order valence-electron chi connectivity index (χ4n) is 2.50. The molecule has 0 radical (unpaired) electrons. The molecule has 0 atom stereocenters. The van der Waals surface area contributed by atoms with E-state index in [0.717, 1.165) is 32.6 Å². The lowest BCUT2D eigenvalue weighted by atomic mass is 10.0. The van der Waals surface area contributed by atoms with Gasteiger partial charge in [0.15, 0.2) is 0 Å². The number of rotatable bonds is 0. The summed E-state index contributed by atoms with van der Waals surface area (Å²) in [6.45, 7) is 0. The number of fused-ring (bicyclic) bond motifs is 6. The molecule has 0 unspecified atom stereocenters. The molecule has 4 aromatic rings. The fraction of sp³-hybridized carbons (Fsp3) is 0. The third-order valence-electron chi connectivity index (χ3n) is 3.31. The summed E-state index contributed by atoms with van der Waals surface area (Å²) in [4.78, 5) is 16.6. The molecule has 0 aliphatic rings. The summed E-state index contributed by atoms with van der Waals surface area (Å²) in [5.74, 6) is 0. The molecular weight excluding hydrogens is 263 g/mol. The van der Waals surface area contributed by atoms with Gasteiger partial charge in [-0.3, -0.25) is 4.79 Å². The lowest BCUT2D eigenvalue weighted by Gasteiger charge is -2.05. The molecule has 2 aromatic carbocycles. The molecule has 0 saturated heterocycles. The van der Waals surface area contributed by atoms with Crippen molar-refractivity contribution < 1.29 is 4.48 Å². The van der Waals surface area contributed by atoms with Crippen LogP contribution in [0.15, 0.2) is 46.8 Å². The van der Waals surface area contributed by atoms with Crippen molar-refractivity contribution in [2.75, 3.05) is 0 Å². The maximum atomic E-state index is 13.5. The molecule has 0 aliphatic carbocycles. The highest BCUT2D eigenvalue weighted by Gasteiger charge is 2.13. The second kappa shape index (κ2) is 3.61. The first kappa shape index (κ1) is 10.6. The predicted octanol–water partition coefficient (Wildman–Crippen LogP) is 3.50. The van der Waals surface area contributed by atoms with Gasteiger partial charge in [0.2, 0.25) is 0 Å². The number of hydrogen-bond donors (Lipinski definition) is 0. The molecule has 5 heteroatoms. The fourth-order valence-corrected chi connectivity index (χ4v) is 3.33. The molecule has 0 fully saturated rings.